The van der Waals surface area contributed by atoms with Crippen molar-refractivity contribution in [3.63, 3.8) is 0 Å². The first-order valence-electron chi connectivity index (χ1n) is 14.9. The van der Waals surface area contributed by atoms with E-state index in [1.165, 1.54) is 30.5 Å². The predicted octanol–water partition coefficient (Wildman–Crippen LogP) is 7.01. The first kappa shape index (κ1) is 32.5. The van der Waals surface area contributed by atoms with Crippen molar-refractivity contribution in [2.75, 3.05) is 27.3 Å². The van der Waals surface area contributed by atoms with Crippen molar-refractivity contribution >= 4 is 22.6 Å². The minimum absolute atomic E-state index is 0.0208. The first-order chi connectivity index (χ1) is 21.1. The van der Waals surface area contributed by atoms with E-state index in [0.29, 0.717) is 12.0 Å². The van der Waals surface area contributed by atoms with Gasteiger partial charge in [-0.05, 0) is 96.4 Å². The van der Waals surface area contributed by atoms with E-state index < -0.39 is 17.7 Å². The largest absolute Gasteiger partial charge is 0.496 e. The van der Waals surface area contributed by atoms with Gasteiger partial charge in [-0.15, -0.1) is 0 Å². The summed E-state index contributed by atoms with van der Waals surface area (Å²) in [7, 11) is 3.40. The maximum absolute atomic E-state index is 12.8. The Kier molecular flexibility index (Phi) is 11.0. The third-order valence-corrected chi connectivity index (χ3v) is 8.21. The molecule has 232 valence electrons. The van der Waals surface area contributed by atoms with Crippen LogP contribution in [0.1, 0.15) is 53.2 Å². The van der Waals surface area contributed by atoms with Gasteiger partial charge in [-0.3, -0.25) is 14.5 Å². The van der Waals surface area contributed by atoms with E-state index in [1.807, 2.05) is 18.2 Å². The van der Waals surface area contributed by atoms with Gasteiger partial charge in [-0.2, -0.15) is 0 Å². The number of amides is 1. The Labute approximate surface area is 258 Å². The number of nitrogens with two attached hydrogens (primary N) is 1. The van der Waals surface area contributed by atoms with Crippen molar-refractivity contribution in [1.29, 1.82) is 0 Å². The molecule has 0 aromatic heterocycles. The highest BCUT2D eigenvalue weighted by atomic mass is 19.1. The lowest BCUT2D eigenvalue weighted by Gasteiger charge is -2.30. The lowest BCUT2D eigenvalue weighted by atomic mass is 9.92. The lowest BCUT2D eigenvalue weighted by molar-refractivity contribution is -0.136. The van der Waals surface area contributed by atoms with Gasteiger partial charge < -0.3 is 20.3 Å². The van der Waals surface area contributed by atoms with Crippen LogP contribution in [-0.2, 0) is 17.8 Å². The van der Waals surface area contributed by atoms with Gasteiger partial charge in [0.15, 0.2) is 0 Å². The van der Waals surface area contributed by atoms with Gasteiger partial charge in [-0.1, -0.05) is 55.5 Å². The average Bonchev–Trinajstić information content (AvgIpc) is 3.00. The number of carboxylic acids is 1. The van der Waals surface area contributed by atoms with Crippen LogP contribution in [0.25, 0.3) is 21.9 Å². The topological polar surface area (TPSA) is 102 Å². The molecule has 5 rings (SSSR count). The average molecular weight is 601 g/mol. The normalized spacial score (nSPS) is 13.7. The van der Waals surface area contributed by atoms with Gasteiger partial charge in [0.05, 0.1) is 25.3 Å². The Bertz CT molecular complexity index is 1580. The van der Waals surface area contributed by atoms with Crippen molar-refractivity contribution < 1.29 is 28.6 Å². The summed E-state index contributed by atoms with van der Waals surface area (Å²) in [5, 5.41) is 11.3. The highest BCUT2D eigenvalue weighted by molar-refractivity contribution is 6.01. The highest BCUT2D eigenvalue weighted by Crippen LogP contribution is 2.43. The summed E-state index contributed by atoms with van der Waals surface area (Å²) in [4.78, 5) is 24.2. The van der Waals surface area contributed by atoms with Crippen molar-refractivity contribution in [3.8, 4) is 22.6 Å². The molecule has 0 radical (unpaired) electrons. The standard InChI is InChI=1S/C28H33NO4.C8H8FNO/c1-19-12-14-29(15-13-19)18-20-16-25(32-2)28(26(17-20)33-3)24-9-5-7-22-21(10-11-27(30)31)6-4-8-23(22)24;1-5-3-2-4-6(9)7(5)8(10)11/h4-9,16-17,19H,10-15,18H2,1-3H3,(H,30,31);2-4H,1H3,(H2,10,11). The van der Waals surface area contributed by atoms with Crippen LogP contribution in [0.5, 0.6) is 11.5 Å². The molecule has 3 N–H and O–H groups in total. The van der Waals surface area contributed by atoms with Gasteiger partial charge >= 0.3 is 5.97 Å². The van der Waals surface area contributed by atoms with E-state index in [1.54, 1.807) is 27.2 Å². The summed E-state index contributed by atoms with van der Waals surface area (Å²) < 4.78 is 24.5. The molecule has 0 spiro atoms. The van der Waals surface area contributed by atoms with Crippen molar-refractivity contribution in [1.82, 2.24) is 4.90 Å². The Balaban J connectivity index is 0.000000339. The number of nitrogens with zero attached hydrogens (tertiary/aromatic N) is 1. The summed E-state index contributed by atoms with van der Waals surface area (Å²) in [5.74, 6) is 0.319. The minimum atomic E-state index is -0.787. The van der Waals surface area contributed by atoms with Crippen molar-refractivity contribution in [2.45, 2.75) is 46.1 Å². The first-order valence-corrected chi connectivity index (χ1v) is 14.9. The number of primary amides is 1. The minimum Gasteiger partial charge on any atom is -0.496 e. The van der Waals surface area contributed by atoms with Crippen LogP contribution in [0.15, 0.2) is 66.7 Å². The molecule has 7 nitrogen and oxygen atoms in total. The van der Waals surface area contributed by atoms with E-state index in [0.717, 1.165) is 64.5 Å². The summed E-state index contributed by atoms with van der Waals surface area (Å²) in [6.45, 7) is 7.10. The molecular formula is C36H41FN2O5. The van der Waals surface area contributed by atoms with Crippen molar-refractivity contribution in [2.24, 2.45) is 11.7 Å². The monoisotopic (exact) mass is 600 g/mol. The quantitative estimate of drug-likeness (QED) is 0.214. The Morgan fingerprint density at radius 3 is 2.14 bits per heavy atom. The number of hydrogen-bond acceptors (Lipinski definition) is 5. The number of aryl methyl sites for hydroxylation is 2. The van der Waals surface area contributed by atoms with Crippen LogP contribution in [0, 0.1) is 18.7 Å². The highest BCUT2D eigenvalue weighted by Gasteiger charge is 2.20. The summed E-state index contributed by atoms with van der Waals surface area (Å²) >= 11 is 0. The fourth-order valence-electron chi connectivity index (χ4n) is 5.80. The number of rotatable bonds is 9. The second-order valence-electron chi connectivity index (χ2n) is 11.3. The number of ether oxygens (including phenoxy) is 2. The van der Waals surface area contributed by atoms with E-state index in [-0.39, 0.29) is 12.0 Å². The number of carbonyl (C=O) groups is 2. The van der Waals surface area contributed by atoms with Gasteiger partial charge in [0.25, 0.3) is 5.91 Å². The molecule has 4 aromatic carbocycles. The molecule has 1 aliphatic heterocycles. The molecule has 0 saturated carbocycles. The molecule has 1 aliphatic rings. The van der Waals surface area contributed by atoms with Crippen LogP contribution in [-0.4, -0.2) is 49.2 Å². The van der Waals surface area contributed by atoms with E-state index in [2.05, 4.69) is 42.2 Å². The lowest BCUT2D eigenvalue weighted by Crippen LogP contribution is -2.32. The molecule has 4 aromatic rings. The van der Waals surface area contributed by atoms with E-state index in [4.69, 9.17) is 20.3 Å². The second kappa shape index (κ2) is 14.8. The number of halogens is 1. The zero-order chi connectivity index (χ0) is 31.8. The number of piperidine rings is 1. The van der Waals surface area contributed by atoms with Crippen LogP contribution in [0.4, 0.5) is 4.39 Å². The summed E-state index contributed by atoms with van der Waals surface area (Å²) in [5.41, 5.74) is 9.65. The fraction of sp³-hybridized carbons (Fsp3) is 0.333. The van der Waals surface area contributed by atoms with Gasteiger partial charge in [-0.25, -0.2) is 4.39 Å². The number of benzene rings is 4. The number of fused-ring (bicyclic) bond motifs is 1. The third kappa shape index (κ3) is 7.74. The Morgan fingerprint density at radius 2 is 1.57 bits per heavy atom. The molecule has 0 unspecified atom stereocenters. The molecule has 1 amide bonds. The molecule has 1 heterocycles. The smallest absolute Gasteiger partial charge is 0.303 e. The summed E-state index contributed by atoms with van der Waals surface area (Å²) in [6, 6.07) is 20.9. The maximum Gasteiger partial charge on any atom is 0.303 e. The number of aliphatic carboxylic acids is 1. The molecular weight excluding hydrogens is 559 g/mol. The zero-order valence-corrected chi connectivity index (χ0v) is 25.9. The van der Waals surface area contributed by atoms with Crippen LogP contribution < -0.4 is 15.2 Å². The Hall–Kier alpha value is -4.43. The van der Waals surface area contributed by atoms with Gasteiger partial charge in [0.2, 0.25) is 0 Å². The van der Waals surface area contributed by atoms with Crippen LogP contribution in [0.2, 0.25) is 0 Å². The number of methoxy groups -OCH3 is 2. The number of likely N-dealkylation sites (tertiary alicyclic amines) is 1. The molecule has 1 saturated heterocycles. The number of carboxylic acid groups (broad SMARTS) is 1. The molecule has 1 fully saturated rings. The Morgan fingerprint density at radius 1 is 0.955 bits per heavy atom. The molecule has 0 aliphatic carbocycles. The molecule has 0 bridgehead atoms. The van der Waals surface area contributed by atoms with Gasteiger partial charge in [0.1, 0.15) is 17.3 Å². The predicted molar refractivity (Wildman–Crippen MR) is 172 cm³/mol. The second-order valence-corrected chi connectivity index (χ2v) is 11.3. The van der Waals surface area contributed by atoms with Crippen molar-refractivity contribution in [3.05, 3.63) is 94.8 Å². The molecule has 0 atom stereocenters. The molecule has 8 heteroatoms. The third-order valence-electron chi connectivity index (χ3n) is 8.21. The van der Waals surface area contributed by atoms with E-state index in [9.17, 15) is 14.0 Å². The summed E-state index contributed by atoms with van der Waals surface area (Å²) in [6.07, 6.45) is 3.09. The van der Waals surface area contributed by atoms with E-state index >= 15 is 0 Å². The number of carbonyl (C=O) groups excluding carboxylic acids is 1. The zero-order valence-electron chi connectivity index (χ0n) is 25.9. The molecule has 44 heavy (non-hydrogen) atoms. The number of hydrogen-bond donors (Lipinski definition) is 2. The van der Waals surface area contributed by atoms with Gasteiger partial charge in [0, 0.05) is 13.0 Å². The maximum atomic E-state index is 12.8. The van der Waals surface area contributed by atoms with Crippen LogP contribution in [0.3, 0.4) is 0 Å². The fourth-order valence-corrected chi connectivity index (χ4v) is 5.80. The van der Waals surface area contributed by atoms with Crippen LogP contribution >= 0.6 is 0 Å². The SMILES string of the molecule is COc1cc(CN2CCC(C)CC2)cc(OC)c1-c1cccc2c(CCC(=O)O)cccc12.Cc1cccc(F)c1C(N)=O.